The second-order valence-electron chi connectivity index (χ2n) is 4.95. The predicted octanol–water partition coefficient (Wildman–Crippen LogP) is 1.67. The number of nitrogens with zero attached hydrogens (tertiary/aromatic N) is 2. The van der Waals surface area contributed by atoms with Gasteiger partial charge in [-0.15, -0.1) is 0 Å². The van der Waals surface area contributed by atoms with Crippen LogP contribution in [0, 0.1) is 5.41 Å². The molecule has 0 amide bonds. The van der Waals surface area contributed by atoms with Crippen LogP contribution in [0.2, 0.25) is 0 Å². The van der Waals surface area contributed by atoms with E-state index in [1.165, 1.54) is 4.90 Å². The van der Waals surface area contributed by atoms with Crippen LogP contribution in [0.5, 0.6) is 0 Å². The Balaban J connectivity index is 2.07. The number of hydrogen-bond acceptors (Lipinski definition) is 4. The fourth-order valence-corrected chi connectivity index (χ4v) is 3.28. The highest BCUT2D eigenvalue weighted by Crippen LogP contribution is 2.52. The van der Waals surface area contributed by atoms with Crippen molar-refractivity contribution >= 4 is 19.7 Å². The third-order valence-electron chi connectivity index (χ3n) is 2.98. The molecule has 8 nitrogen and oxygen atoms in total. The third-order valence-corrected chi connectivity index (χ3v) is 4.54. The molecule has 1 aromatic carbocycles. The molecule has 2 rings (SSSR count). The van der Waals surface area contributed by atoms with E-state index < -0.39 is 7.75 Å². The molecule has 2 atom stereocenters. The van der Waals surface area contributed by atoms with Crippen LogP contribution in [0.25, 0.3) is 0 Å². The lowest BCUT2D eigenvalue weighted by Gasteiger charge is -2.30. The van der Waals surface area contributed by atoms with Gasteiger partial charge in [-0.25, -0.2) is 4.57 Å². The van der Waals surface area contributed by atoms with E-state index in [-0.39, 0.29) is 24.6 Å². The summed E-state index contributed by atoms with van der Waals surface area (Å²) in [4.78, 5) is 5.23. The Morgan fingerprint density at radius 3 is 2.77 bits per heavy atom. The molecule has 1 aliphatic rings. The first-order valence-electron chi connectivity index (χ1n) is 6.76. The molecule has 2 unspecified atom stereocenters. The maximum Gasteiger partial charge on any atom is 0.435 e. The van der Waals surface area contributed by atoms with Crippen LogP contribution in [0.4, 0.5) is 0 Å². The Hall–Kier alpha value is -1.89. The molecule has 0 spiro atoms. The average Bonchev–Trinajstić information content (AvgIpc) is 2.47. The highest BCUT2D eigenvalue weighted by atomic mass is 31.2. The van der Waals surface area contributed by atoms with Crippen molar-refractivity contribution < 1.29 is 13.6 Å². The Labute approximate surface area is 129 Å². The summed E-state index contributed by atoms with van der Waals surface area (Å²) in [5.41, 5.74) is 6.57. The molecule has 1 fully saturated rings. The highest BCUT2D eigenvalue weighted by Gasteiger charge is 2.35. The number of rotatable bonds is 2. The van der Waals surface area contributed by atoms with Crippen molar-refractivity contribution in [3.8, 4) is 0 Å². The molecular weight excluding hydrogens is 305 g/mol. The van der Waals surface area contributed by atoms with Crippen molar-refractivity contribution in [2.24, 2.45) is 10.7 Å². The van der Waals surface area contributed by atoms with Gasteiger partial charge in [0, 0.05) is 20.5 Å². The van der Waals surface area contributed by atoms with E-state index in [2.05, 4.69) is 10.1 Å². The van der Waals surface area contributed by atoms with Gasteiger partial charge in [0.15, 0.2) is 0 Å². The lowest BCUT2D eigenvalue weighted by molar-refractivity contribution is 0.0786. The molecule has 0 aliphatic carbocycles. The zero-order chi connectivity index (χ0) is 16.2. The lowest BCUT2D eigenvalue weighted by atomic mass is 10.1. The normalized spacial score (nSPS) is 25.5. The summed E-state index contributed by atoms with van der Waals surface area (Å²) in [5.74, 6) is -0.260. The first-order valence-corrected chi connectivity index (χ1v) is 8.30. The number of aliphatic imine (C=N–C) groups is 1. The Morgan fingerprint density at radius 2 is 2.14 bits per heavy atom. The predicted molar refractivity (Wildman–Crippen MR) is 84.6 cm³/mol. The van der Waals surface area contributed by atoms with Crippen LogP contribution < -0.4 is 10.8 Å². The van der Waals surface area contributed by atoms with E-state index in [1.807, 2.05) is 30.3 Å². The second kappa shape index (κ2) is 6.91. The maximum atomic E-state index is 12.6. The number of nitrogens with two attached hydrogens (primary N) is 1. The average molecular weight is 325 g/mol. The monoisotopic (exact) mass is 325 g/mol. The summed E-state index contributed by atoms with van der Waals surface area (Å²) in [6.45, 7) is 0.280. The summed E-state index contributed by atoms with van der Waals surface area (Å²) in [7, 11) is -0.292. The zero-order valence-electron chi connectivity index (χ0n) is 12.5. The highest BCUT2D eigenvalue weighted by molar-refractivity contribution is 7.52. The summed E-state index contributed by atoms with van der Waals surface area (Å²) in [6.07, 6.45) is 0.259. The van der Waals surface area contributed by atoms with E-state index in [0.717, 1.165) is 5.56 Å². The van der Waals surface area contributed by atoms with Crippen LogP contribution in [-0.2, 0) is 13.6 Å². The molecule has 1 saturated heterocycles. The van der Waals surface area contributed by atoms with Gasteiger partial charge < -0.3 is 10.6 Å². The second-order valence-corrected chi connectivity index (χ2v) is 6.64. The minimum atomic E-state index is -3.60. The molecule has 120 valence electrons. The molecule has 0 radical (unpaired) electrons. The summed E-state index contributed by atoms with van der Waals surface area (Å²) in [6, 6.07) is 9.48. The molecule has 9 heteroatoms. The molecule has 22 heavy (non-hydrogen) atoms. The van der Waals surface area contributed by atoms with Gasteiger partial charge in [0.25, 0.3) is 0 Å². The Kier molecular flexibility index (Phi) is 5.18. The Bertz CT molecular complexity index is 605. The van der Waals surface area contributed by atoms with Gasteiger partial charge in [0.1, 0.15) is 0 Å². The molecule has 4 N–H and O–H groups in total. The van der Waals surface area contributed by atoms with Gasteiger partial charge in [0.05, 0.1) is 12.7 Å². The van der Waals surface area contributed by atoms with Crippen LogP contribution in [0.1, 0.15) is 18.1 Å². The first-order chi connectivity index (χ1) is 10.4. The van der Waals surface area contributed by atoms with Gasteiger partial charge >= 0.3 is 7.75 Å². The van der Waals surface area contributed by atoms with Gasteiger partial charge in [-0.05, 0) is 5.56 Å². The number of benzene rings is 1. The Morgan fingerprint density at radius 1 is 1.45 bits per heavy atom. The molecule has 1 aliphatic heterocycles. The largest absolute Gasteiger partial charge is 0.435 e. The van der Waals surface area contributed by atoms with Crippen molar-refractivity contribution in [2.75, 3.05) is 20.7 Å². The maximum absolute atomic E-state index is 12.6. The standard InChI is InChI=1S/C13H20N5O3P/c1-18(2)13(15)16-12(14)17-22(19)20-9-8-11(21-22)10-6-4-3-5-7-10/h3-7,11H,8-9H2,1-2H3,(H4,14,15,16,17,19). The molecular formula is C13H20N5O3P. The van der Waals surface area contributed by atoms with Crippen molar-refractivity contribution in [3.63, 3.8) is 0 Å². The fourth-order valence-electron chi connectivity index (χ4n) is 1.86. The summed E-state index contributed by atoms with van der Waals surface area (Å²) >= 11 is 0. The topological polar surface area (TPSA) is 113 Å². The van der Waals surface area contributed by atoms with E-state index in [0.29, 0.717) is 6.42 Å². The van der Waals surface area contributed by atoms with Gasteiger partial charge in [0.2, 0.25) is 11.9 Å². The van der Waals surface area contributed by atoms with Gasteiger partial charge in [-0.3, -0.25) is 19.5 Å². The van der Waals surface area contributed by atoms with E-state index >= 15 is 0 Å². The number of hydrogen-bond donors (Lipinski definition) is 3. The molecule has 1 aromatic rings. The van der Waals surface area contributed by atoms with E-state index in [1.54, 1.807) is 14.1 Å². The van der Waals surface area contributed by atoms with Crippen molar-refractivity contribution in [1.82, 2.24) is 9.99 Å². The van der Waals surface area contributed by atoms with Crippen molar-refractivity contribution in [3.05, 3.63) is 35.9 Å². The van der Waals surface area contributed by atoms with Crippen molar-refractivity contribution in [2.45, 2.75) is 12.5 Å². The van der Waals surface area contributed by atoms with Crippen LogP contribution >= 0.6 is 7.75 Å². The lowest BCUT2D eigenvalue weighted by Crippen LogP contribution is -2.35. The van der Waals surface area contributed by atoms with E-state index in [4.69, 9.17) is 20.2 Å². The first kappa shape index (κ1) is 16.5. The summed E-state index contributed by atoms with van der Waals surface area (Å²) < 4.78 is 23.3. The van der Waals surface area contributed by atoms with Crippen LogP contribution in [-0.4, -0.2) is 37.5 Å². The molecule has 1 heterocycles. The van der Waals surface area contributed by atoms with Crippen molar-refractivity contribution in [1.29, 1.82) is 5.41 Å². The minimum absolute atomic E-state index is 0.0757. The zero-order valence-corrected chi connectivity index (χ0v) is 13.4. The number of nitrogens with one attached hydrogen (secondary N) is 2. The smallest absolute Gasteiger partial charge is 0.369 e. The fraction of sp³-hybridized carbons (Fsp3) is 0.385. The third kappa shape index (κ3) is 4.30. The van der Waals surface area contributed by atoms with Gasteiger partial charge in [-0.2, -0.15) is 4.99 Å². The molecule has 0 bridgehead atoms. The molecule has 0 aromatic heterocycles. The number of guanidine groups is 2. The van der Waals surface area contributed by atoms with Crippen LogP contribution in [0.3, 0.4) is 0 Å². The summed E-state index contributed by atoms with van der Waals surface area (Å²) in [5, 5.41) is 10.0. The SMILES string of the molecule is CN(C)C(=N)/N=C(\N)NP1(=O)OCCC(c2ccccc2)O1. The van der Waals surface area contributed by atoms with Crippen LogP contribution in [0.15, 0.2) is 35.3 Å². The molecule has 0 saturated carbocycles. The quantitative estimate of drug-likeness (QED) is 0.433. The minimum Gasteiger partial charge on any atom is -0.369 e. The van der Waals surface area contributed by atoms with E-state index in [9.17, 15) is 4.57 Å². The van der Waals surface area contributed by atoms with Gasteiger partial charge in [-0.1, -0.05) is 30.3 Å².